The van der Waals surface area contributed by atoms with Crippen molar-refractivity contribution in [3.63, 3.8) is 0 Å². The first-order valence-electron chi connectivity index (χ1n) is 9.24. The fourth-order valence-electron chi connectivity index (χ4n) is 3.66. The Morgan fingerprint density at radius 1 is 0.750 bits per heavy atom. The molecule has 0 amide bonds. The Labute approximate surface area is 161 Å². The van der Waals surface area contributed by atoms with Gasteiger partial charge >= 0.3 is 0 Å². The molecular formula is C24H18F4. The molecule has 1 aliphatic rings. The minimum atomic E-state index is -1.55. The van der Waals surface area contributed by atoms with Crippen LogP contribution in [-0.4, -0.2) is 0 Å². The zero-order chi connectivity index (χ0) is 19.8. The van der Waals surface area contributed by atoms with Gasteiger partial charge in [0.15, 0.2) is 17.5 Å². The van der Waals surface area contributed by atoms with Gasteiger partial charge in [0.25, 0.3) is 0 Å². The molecule has 0 aliphatic heterocycles. The summed E-state index contributed by atoms with van der Waals surface area (Å²) in [6.45, 7) is 2.10. The average Bonchev–Trinajstić information content (AvgIpc) is 2.72. The second-order valence-corrected chi connectivity index (χ2v) is 6.97. The lowest BCUT2D eigenvalue weighted by Gasteiger charge is -2.19. The van der Waals surface area contributed by atoms with Gasteiger partial charge in [-0.05, 0) is 64.8 Å². The van der Waals surface area contributed by atoms with Crippen LogP contribution < -0.4 is 0 Å². The number of aryl methyl sites for hydroxylation is 1. The van der Waals surface area contributed by atoms with Gasteiger partial charge in [-0.3, -0.25) is 0 Å². The first-order chi connectivity index (χ1) is 13.5. The zero-order valence-electron chi connectivity index (χ0n) is 15.3. The van der Waals surface area contributed by atoms with Crippen molar-refractivity contribution in [2.24, 2.45) is 0 Å². The van der Waals surface area contributed by atoms with E-state index in [2.05, 4.69) is 31.2 Å². The van der Waals surface area contributed by atoms with E-state index < -0.39 is 23.3 Å². The van der Waals surface area contributed by atoms with Crippen LogP contribution in [0.25, 0.3) is 22.8 Å². The van der Waals surface area contributed by atoms with Crippen molar-refractivity contribution < 1.29 is 17.6 Å². The molecule has 4 rings (SSSR count). The Morgan fingerprint density at radius 3 is 2.07 bits per heavy atom. The molecule has 1 aliphatic carbocycles. The SMILES string of the molecule is CCc1ccc(C2=Cc3ccc(-c4cc(F)c(F)c(F)c4)c(F)c3CC2)cc1. The van der Waals surface area contributed by atoms with Gasteiger partial charge in [0.2, 0.25) is 0 Å². The molecule has 142 valence electrons. The Bertz CT molecular complexity index is 1060. The summed E-state index contributed by atoms with van der Waals surface area (Å²) in [4.78, 5) is 0. The minimum Gasteiger partial charge on any atom is -0.206 e. The lowest BCUT2D eigenvalue weighted by Crippen LogP contribution is -2.04. The summed E-state index contributed by atoms with van der Waals surface area (Å²) < 4.78 is 55.3. The summed E-state index contributed by atoms with van der Waals surface area (Å²) >= 11 is 0. The summed E-state index contributed by atoms with van der Waals surface area (Å²) in [5, 5.41) is 0. The first kappa shape index (κ1) is 18.5. The van der Waals surface area contributed by atoms with Crippen molar-refractivity contribution in [2.45, 2.75) is 26.2 Å². The average molecular weight is 382 g/mol. The van der Waals surface area contributed by atoms with Crippen LogP contribution in [0.1, 0.15) is 35.6 Å². The normalized spacial score (nSPS) is 13.2. The van der Waals surface area contributed by atoms with Crippen LogP contribution in [0, 0.1) is 23.3 Å². The van der Waals surface area contributed by atoms with Crippen molar-refractivity contribution in [1.82, 2.24) is 0 Å². The highest BCUT2D eigenvalue weighted by atomic mass is 19.2. The van der Waals surface area contributed by atoms with Gasteiger partial charge in [-0.15, -0.1) is 0 Å². The fourth-order valence-corrected chi connectivity index (χ4v) is 3.66. The highest BCUT2D eigenvalue weighted by Gasteiger charge is 2.20. The lowest BCUT2D eigenvalue weighted by molar-refractivity contribution is 0.447. The second-order valence-electron chi connectivity index (χ2n) is 6.97. The third kappa shape index (κ3) is 3.24. The smallest absolute Gasteiger partial charge is 0.194 e. The Kier molecular flexibility index (Phi) is 4.80. The molecule has 0 N–H and O–H groups in total. The molecule has 0 nitrogen and oxygen atoms in total. The number of halogens is 4. The number of hydrogen-bond acceptors (Lipinski definition) is 0. The van der Waals surface area contributed by atoms with E-state index in [1.807, 2.05) is 6.08 Å². The highest BCUT2D eigenvalue weighted by Crippen LogP contribution is 2.36. The van der Waals surface area contributed by atoms with Crippen molar-refractivity contribution in [3.05, 3.63) is 94.1 Å². The highest BCUT2D eigenvalue weighted by molar-refractivity contribution is 5.85. The number of hydrogen-bond donors (Lipinski definition) is 0. The topological polar surface area (TPSA) is 0 Å². The van der Waals surface area contributed by atoms with Crippen LogP contribution in [-0.2, 0) is 12.8 Å². The van der Waals surface area contributed by atoms with E-state index in [1.165, 1.54) is 11.6 Å². The molecule has 0 aromatic heterocycles. The van der Waals surface area contributed by atoms with Crippen molar-refractivity contribution >= 4 is 11.6 Å². The van der Waals surface area contributed by atoms with Gasteiger partial charge in [-0.2, -0.15) is 0 Å². The molecule has 0 atom stereocenters. The largest absolute Gasteiger partial charge is 0.206 e. The van der Waals surface area contributed by atoms with Gasteiger partial charge in [0.1, 0.15) is 5.82 Å². The molecule has 0 unspecified atom stereocenters. The van der Waals surface area contributed by atoms with Crippen molar-refractivity contribution in [3.8, 4) is 11.1 Å². The van der Waals surface area contributed by atoms with Crippen LogP contribution in [0.3, 0.4) is 0 Å². The molecule has 0 saturated carbocycles. The summed E-state index contributed by atoms with van der Waals surface area (Å²) in [7, 11) is 0. The number of rotatable bonds is 3. The maximum absolute atomic E-state index is 15.1. The van der Waals surface area contributed by atoms with Gasteiger partial charge in [-0.25, -0.2) is 17.6 Å². The van der Waals surface area contributed by atoms with Crippen LogP contribution in [0.4, 0.5) is 17.6 Å². The second kappa shape index (κ2) is 7.27. The molecule has 0 radical (unpaired) electrons. The summed E-state index contributed by atoms with van der Waals surface area (Å²) in [6.07, 6.45) is 4.09. The standard InChI is InChI=1S/C24H18F4/c1-2-14-3-5-15(6-4-14)16-7-9-19-17(11-16)8-10-20(23(19)27)18-12-21(25)24(28)22(26)13-18/h3-6,8,10-13H,2,7,9H2,1H3. The predicted molar refractivity (Wildman–Crippen MR) is 104 cm³/mol. The van der Waals surface area contributed by atoms with Crippen molar-refractivity contribution in [1.29, 1.82) is 0 Å². The van der Waals surface area contributed by atoms with Crippen LogP contribution in [0.2, 0.25) is 0 Å². The van der Waals surface area contributed by atoms with E-state index in [1.54, 1.807) is 6.07 Å². The van der Waals surface area contributed by atoms with E-state index in [9.17, 15) is 13.2 Å². The molecule has 0 saturated heterocycles. The summed E-state index contributed by atoms with van der Waals surface area (Å²) in [6, 6.07) is 13.2. The molecule has 3 aromatic carbocycles. The number of fused-ring (bicyclic) bond motifs is 1. The van der Waals surface area contributed by atoms with Gasteiger partial charge in [0.05, 0.1) is 0 Å². The van der Waals surface area contributed by atoms with E-state index in [4.69, 9.17) is 0 Å². The predicted octanol–water partition coefficient (Wildman–Crippen LogP) is 6.96. The van der Waals surface area contributed by atoms with Gasteiger partial charge in [0, 0.05) is 5.56 Å². The van der Waals surface area contributed by atoms with Crippen molar-refractivity contribution in [2.75, 3.05) is 0 Å². The molecule has 0 fully saturated rings. The van der Waals surface area contributed by atoms with E-state index in [0.717, 1.165) is 35.3 Å². The molecule has 0 spiro atoms. The van der Waals surface area contributed by atoms with Gasteiger partial charge in [-0.1, -0.05) is 49.4 Å². The van der Waals surface area contributed by atoms with Crippen LogP contribution in [0.15, 0.2) is 48.5 Å². The Hall–Kier alpha value is -2.88. The van der Waals surface area contributed by atoms with E-state index in [0.29, 0.717) is 18.4 Å². The molecule has 4 heteroatoms. The van der Waals surface area contributed by atoms with Gasteiger partial charge < -0.3 is 0 Å². The van der Waals surface area contributed by atoms with Crippen LogP contribution >= 0.6 is 0 Å². The number of allylic oxidation sites excluding steroid dienone is 1. The fraction of sp³-hybridized carbons (Fsp3) is 0.167. The number of benzene rings is 3. The Balaban J connectivity index is 1.73. The Morgan fingerprint density at radius 2 is 1.43 bits per heavy atom. The maximum atomic E-state index is 15.1. The maximum Gasteiger partial charge on any atom is 0.194 e. The third-order valence-electron chi connectivity index (χ3n) is 5.28. The third-order valence-corrected chi connectivity index (χ3v) is 5.28. The molecule has 0 bridgehead atoms. The molecule has 28 heavy (non-hydrogen) atoms. The molecule has 0 heterocycles. The monoisotopic (exact) mass is 382 g/mol. The molecular weight excluding hydrogens is 364 g/mol. The zero-order valence-corrected chi connectivity index (χ0v) is 15.3. The summed E-state index contributed by atoms with van der Waals surface area (Å²) in [5.41, 5.74) is 4.82. The molecule has 3 aromatic rings. The first-order valence-corrected chi connectivity index (χ1v) is 9.24. The van der Waals surface area contributed by atoms with E-state index in [-0.39, 0.29) is 11.1 Å². The summed E-state index contributed by atoms with van der Waals surface area (Å²) in [5.74, 6) is -4.72. The lowest BCUT2D eigenvalue weighted by atomic mass is 9.86. The van der Waals surface area contributed by atoms with Crippen LogP contribution in [0.5, 0.6) is 0 Å². The minimum absolute atomic E-state index is 0.0124. The quantitative estimate of drug-likeness (QED) is 0.339. The van der Waals surface area contributed by atoms with E-state index >= 15 is 4.39 Å².